The van der Waals surface area contributed by atoms with Crippen LogP contribution in [-0.2, 0) is 14.3 Å². The molecule has 0 aromatic rings. The monoisotopic (exact) mass is 241 g/mol. The molecule has 0 aromatic carbocycles. The normalized spacial score (nSPS) is 28.8. The minimum Gasteiger partial charge on any atom is -0.481 e. The molecule has 0 radical (unpaired) electrons. The van der Waals surface area contributed by atoms with E-state index in [1.165, 1.54) is 6.42 Å². The van der Waals surface area contributed by atoms with Gasteiger partial charge in [0, 0.05) is 13.5 Å². The first-order valence-corrected chi connectivity index (χ1v) is 6.16. The summed E-state index contributed by atoms with van der Waals surface area (Å²) >= 11 is 0. The molecule has 1 amide bonds. The maximum absolute atomic E-state index is 12.0. The second-order valence-corrected chi connectivity index (χ2v) is 5.06. The second-order valence-electron chi connectivity index (χ2n) is 5.06. The summed E-state index contributed by atoms with van der Waals surface area (Å²) in [6, 6.07) is -0.305. The number of aliphatic carboxylic acids is 1. The maximum atomic E-state index is 12.0. The van der Waals surface area contributed by atoms with Crippen LogP contribution in [0.3, 0.4) is 0 Å². The Labute approximate surface area is 101 Å². The van der Waals surface area contributed by atoms with Crippen molar-refractivity contribution < 1.29 is 19.4 Å². The molecule has 1 aliphatic heterocycles. The number of amides is 1. The number of ether oxygens (including phenoxy) is 1. The summed E-state index contributed by atoms with van der Waals surface area (Å²) in [5.74, 6) is -0.895. The van der Waals surface area contributed by atoms with Crippen LogP contribution in [0.1, 0.15) is 25.7 Å². The zero-order chi connectivity index (χ0) is 12.4. The van der Waals surface area contributed by atoms with Gasteiger partial charge in [0.1, 0.15) is 5.92 Å². The lowest BCUT2D eigenvalue weighted by Gasteiger charge is -2.30. The van der Waals surface area contributed by atoms with Crippen LogP contribution in [0.5, 0.6) is 0 Å². The number of carbonyl (C=O) groups excluding carboxylic acids is 1. The molecule has 5 nitrogen and oxygen atoms in total. The van der Waals surface area contributed by atoms with Crippen LogP contribution in [-0.4, -0.2) is 48.2 Å². The lowest BCUT2D eigenvalue weighted by molar-refractivity contribution is -0.144. The van der Waals surface area contributed by atoms with E-state index in [1.807, 2.05) is 0 Å². The molecular weight excluding hydrogens is 222 g/mol. The van der Waals surface area contributed by atoms with E-state index in [9.17, 15) is 9.59 Å². The lowest BCUT2D eigenvalue weighted by atomic mass is 9.82. The van der Waals surface area contributed by atoms with Crippen LogP contribution in [0.15, 0.2) is 0 Å². The van der Waals surface area contributed by atoms with E-state index >= 15 is 0 Å². The third-order valence-corrected chi connectivity index (χ3v) is 3.95. The van der Waals surface area contributed by atoms with Gasteiger partial charge in [-0.1, -0.05) is 6.42 Å². The van der Waals surface area contributed by atoms with Gasteiger partial charge in [0.2, 0.25) is 5.91 Å². The Hall–Kier alpha value is -1.10. The zero-order valence-corrected chi connectivity index (χ0v) is 10.1. The molecule has 1 N–H and O–H groups in total. The Kier molecular flexibility index (Phi) is 3.66. The molecule has 2 atom stereocenters. The van der Waals surface area contributed by atoms with Crippen molar-refractivity contribution in [2.24, 2.45) is 11.8 Å². The number of hydrogen-bond acceptors (Lipinski definition) is 3. The molecule has 0 aromatic heterocycles. The molecule has 1 saturated heterocycles. The van der Waals surface area contributed by atoms with E-state index in [2.05, 4.69) is 0 Å². The molecular formula is C12H19NO4. The molecule has 1 heterocycles. The van der Waals surface area contributed by atoms with E-state index in [4.69, 9.17) is 9.84 Å². The van der Waals surface area contributed by atoms with Crippen molar-refractivity contribution in [3.05, 3.63) is 0 Å². The summed E-state index contributed by atoms with van der Waals surface area (Å²) < 4.78 is 5.17. The Morgan fingerprint density at radius 2 is 2.06 bits per heavy atom. The summed E-state index contributed by atoms with van der Waals surface area (Å²) in [7, 11) is 1.69. The summed E-state index contributed by atoms with van der Waals surface area (Å²) in [4.78, 5) is 24.6. The average Bonchev–Trinajstić information content (AvgIpc) is 2.70. The van der Waals surface area contributed by atoms with Gasteiger partial charge in [0.05, 0.1) is 19.3 Å². The topological polar surface area (TPSA) is 66.8 Å². The second kappa shape index (κ2) is 5.04. The standard InChI is InChI=1S/C12H19NO4/c1-13(11(14)5-8-3-2-4-8)10-7-17-6-9(10)12(15)16/h8-10H,2-7H2,1H3,(H,15,16). The van der Waals surface area contributed by atoms with Gasteiger partial charge in [-0.3, -0.25) is 9.59 Å². The highest BCUT2D eigenvalue weighted by molar-refractivity contribution is 5.78. The SMILES string of the molecule is CN(C(=O)CC1CCC1)C1COCC1C(=O)O. The largest absolute Gasteiger partial charge is 0.481 e. The van der Waals surface area contributed by atoms with Gasteiger partial charge in [0.15, 0.2) is 0 Å². The van der Waals surface area contributed by atoms with Gasteiger partial charge in [-0.15, -0.1) is 0 Å². The van der Waals surface area contributed by atoms with Crippen LogP contribution < -0.4 is 0 Å². The van der Waals surface area contributed by atoms with Gasteiger partial charge < -0.3 is 14.7 Å². The van der Waals surface area contributed by atoms with Crippen molar-refractivity contribution in [2.45, 2.75) is 31.7 Å². The van der Waals surface area contributed by atoms with Crippen molar-refractivity contribution >= 4 is 11.9 Å². The summed E-state index contributed by atoms with van der Waals surface area (Å²) in [5.41, 5.74) is 0. The predicted octanol–water partition coefficient (Wildman–Crippen LogP) is 0.735. The van der Waals surface area contributed by atoms with Crippen LogP contribution in [0.2, 0.25) is 0 Å². The van der Waals surface area contributed by atoms with E-state index in [1.54, 1.807) is 11.9 Å². The van der Waals surface area contributed by atoms with E-state index < -0.39 is 11.9 Å². The molecule has 1 saturated carbocycles. The van der Waals surface area contributed by atoms with Crippen molar-refractivity contribution in [2.75, 3.05) is 20.3 Å². The molecule has 2 aliphatic rings. The van der Waals surface area contributed by atoms with Crippen LogP contribution in [0.25, 0.3) is 0 Å². The summed E-state index contributed by atoms with van der Waals surface area (Å²) in [6.45, 7) is 0.547. The number of carbonyl (C=O) groups is 2. The van der Waals surface area contributed by atoms with Gasteiger partial charge in [-0.2, -0.15) is 0 Å². The van der Waals surface area contributed by atoms with Crippen LogP contribution in [0.4, 0.5) is 0 Å². The molecule has 17 heavy (non-hydrogen) atoms. The lowest BCUT2D eigenvalue weighted by Crippen LogP contribution is -2.44. The van der Waals surface area contributed by atoms with Gasteiger partial charge >= 0.3 is 5.97 Å². The van der Waals surface area contributed by atoms with Crippen molar-refractivity contribution in [3.8, 4) is 0 Å². The fourth-order valence-electron chi connectivity index (χ4n) is 2.43. The minimum atomic E-state index is -0.879. The third-order valence-electron chi connectivity index (χ3n) is 3.95. The average molecular weight is 241 g/mol. The van der Waals surface area contributed by atoms with Gasteiger partial charge in [-0.05, 0) is 18.8 Å². The van der Waals surface area contributed by atoms with Gasteiger partial charge in [-0.25, -0.2) is 0 Å². The number of carboxylic acids is 1. The Balaban J connectivity index is 1.90. The minimum absolute atomic E-state index is 0.0523. The van der Waals surface area contributed by atoms with Crippen LogP contribution >= 0.6 is 0 Å². The molecule has 0 bridgehead atoms. The number of carboxylic acid groups (broad SMARTS) is 1. The van der Waals surface area contributed by atoms with E-state index in [-0.39, 0.29) is 18.6 Å². The van der Waals surface area contributed by atoms with Crippen molar-refractivity contribution in [3.63, 3.8) is 0 Å². The third kappa shape index (κ3) is 2.60. The van der Waals surface area contributed by atoms with E-state index in [0.29, 0.717) is 18.9 Å². The Bertz CT molecular complexity index is 314. The molecule has 96 valence electrons. The first-order valence-electron chi connectivity index (χ1n) is 6.16. The predicted molar refractivity (Wildman–Crippen MR) is 60.5 cm³/mol. The highest BCUT2D eigenvalue weighted by atomic mass is 16.5. The van der Waals surface area contributed by atoms with Crippen LogP contribution in [0, 0.1) is 11.8 Å². The quantitative estimate of drug-likeness (QED) is 0.788. The van der Waals surface area contributed by atoms with E-state index in [0.717, 1.165) is 12.8 Å². The first kappa shape index (κ1) is 12.4. The number of rotatable bonds is 4. The number of hydrogen-bond donors (Lipinski definition) is 1. The molecule has 2 fully saturated rings. The fraction of sp³-hybridized carbons (Fsp3) is 0.833. The highest BCUT2D eigenvalue weighted by Crippen LogP contribution is 2.30. The molecule has 2 unspecified atom stereocenters. The summed E-state index contributed by atoms with van der Waals surface area (Å²) in [5, 5.41) is 9.04. The number of nitrogens with zero attached hydrogens (tertiary/aromatic N) is 1. The molecule has 2 rings (SSSR count). The number of likely N-dealkylation sites (N-methyl/N-ethyl adjacent to an activating group) is 1. The van der Waals surface area contributed by atoms with Crippen molar-refractivity contribution in [1.82, 2.24) is 4.90 Å². The Morgan fingerprint density at radius 1 is 1.35 bits per heavy atom. The zero-order valence-electron chi connectivity index (χ0n) is 10.1. The molecule has 1 aliphatic carbocycles. The smallest absolute Gasteiger partial charge is 0.311 e. The maximum Gasteiger partial charge on any atom is 0.311 e. The summed E-state index contributed by atoms with van der Waals surface area (Å²) in [6.07, 6.45) is 4.03. The van der Waals surface area contributed by atoms with Crippen molar-refractivity contribution in [1.29, 1.82) is 0 Å². The molecule has 5 heteroatoms. The first-order chi connectivity index (χ1) is 8.09. The highest BCUT2D eigenvalue weighted by Gasteiger charge is 2.38. The Morgan fingerprint density at radius 3 is 2.59 bits per heavy atom. The fourth-order valence-corrected chi connectivity index (χ4v) is 2.43. The molecule has 0 spiro atoms. The van der Waals surface area contributed by atoms with Gasteiger partial charge in [0.25, 0.3) is 0 Å².